The lowest BCUT2D eigenvalue weighted by Gasteiger charge is -2.24. The Morgan fingerprint density at radius 2 is 1.85 bits per heavy atom. The van der Waals surface area contributed by atoms with E-state index in [2.05, 4.69) is 0 Å². The molecule has 112 valence electrons. The van der Waals surface area contributed by atoms with E-state index in [0.717, 1.165) is 9.87 Å². The second-order valence-electron chi connectivity index (χ2n) is 4.69. The highest BCUT2D eigenvalue weighted by Crippen LogP contribution is 2.18. The van der Waals surface area contributed by atoms with Crippen LogP contribution in [-0.4, -0.2) is 37.1 Å². The van der Waals surface area contributed by atoms with Crippen molar-refractivity contribution < 1.29 is 13.2 Å². The lowest BCUT2D eigenvalue weighted by atomic mass is 10.2. The van der Waals surface area contributed by atoms with Gasteiger partial charge in [-0.3, -0.25) is 4.79 Å². The number of amides is 1. The fourth-order valence-electron chi connectivity index (χ4n) is 1.77. The Morgan fingerprint density at radius 1 is 1.30 bits per heavy atom. The molecule has 0 radical (unpaired) electrons. The molecular weight excluding hydrogens is 300 g/mol. The SMILES string of the molecule is CC(C)N(CC(N)=O)S(=O)(=O)c1ccc(CCCl)cc1. The van der Waals surface area contributed by atoms with Gasteiger partial charge in [0.05, 0.1) is 11.4 Å². The van der Waals surface area contributed by atoms with Gasteiger partial charge in [-0.15, -0.1) is 11.6 Å². The number of alkyl halides is 1. The third-order valence-electron chi connectivity index (χ3n) is 2.80. The van der Waals surface area contributed by atoms with Crippen molar-refractivity contribution in [3.05, 3.63) is 29.8 Å². The van der Waals surface area contributed by atoms with Crippen LogP contribution in [0.4, 0.5) is 0 Å². The van der Waals surface area contributed by atoms with Gasteiger partial charge in [0.25, 0.3) is 0 Å². The van der Waals surface area contributed by atoms with Crippen LogP contribution in [0.15, 0.2) is 29.2 Å². The number of primary amides is 1. The second kappa shape index (κ2) is 7.06. The van der Waals surface area contributed by atoms with Crippen molar-refractivity contribution in [1.29, 1.82) is 0 Å². The molecule has 1 amide bonds. The van der Waals surface area contributed by atoms with Gasteiger partial charge in [-0.05, 0) is 38.0 Å². The van der Waals surface area contributed by atoms with E-state index in [1.165, 1.54) is 12.1 Å². The predicted molar refractivity (Wildman–Crippen MR) is 79.1 cm³/mol. The summed E-state index contributed by atoms with van der Waals surface area (Å²) in [6.07, 6.45) is 0.678. The minimum absolute atomic E-state index is 0.144. The van der Waals surface area contributed by atoms with E-state index in [1.807, 2.05) is 0 Å². The number of hydrogen-bond acceptors (Lipinski definition) is 3. The van der Waals surface area contributed by atoms with Crippen molar-refractivity contribution in [3.8, 4) is 0 Å². The Labute approximate surface area is 124 Å². The van der Waals surface area contributed by atoms with Gasteiger partial charge in [0.1, 0.15) is 0 Å². The van der Waals surface area contributed by atoms with Crippen LogP contribution in [0.25, 0.3) is 0 Å². The molecule has 7 heteroatoms. The van der Waals surface area contributed by atoms with Crippen molar-refractivity contribution in [2.45, 2.75) is 31.2 Å². The molecule has 1 aromatic carbocycles. The van der Waals surface area contributed by atoms with Crippen molar-refractivity contribution in [1.82, 2.24) is 4.31 Å². The molecule has 1 aromatic rings. The number of carbonyl (C=O) groups is 1. The zero-order valence-corrected chi connectivity index (χ0v) is 13.1. The van der Waals surface area contributed by atoms with E-state index in [0.29, 0.717) is 12.3 Å². The summed E-state index contributed by atoms with van der Waals surface area (Å²) in [4.78, 5) is 11.2. The Hall–Kier alpha value is -1.11. The number of rotatable bonds is 7. The maximum atomic E-state index is 12.5. The second-order valence-corrected chi connectivity index (χ2v) is 6.96. The molecule has 0 saturated heterocycles. The van der Waals surface area contributed by atoms with Gasteiger partial charge < -0.3 is 5.73 Å². The van der Waals surface area contributed by atoms with Crippen LogP contribution in [0.2, 0.25) is 0 Å². The minimum Gasteiger partial charge on any atom is -0.369 e. The van der Waals surface area contributed by atoms with Crippen LogP contribution in [0.3, 0.4) is 0 Å². The molecule has 0 aliphatic heterocycles. The summed E-state index contributed by atoms with van der Waals surface area (Å²) in [6.45, 7) is 3.06. The zero-order valence-electron chi connectivity index (χ0n) is 11.5. The first-order chi connectivity index (χ1) is 9.28. The van der Waals surface area contributed by atoms with Gasteiger partial charge in [0, 0.05) is 11.9 Å². The van der Waals surface area contributed by atoms with E-state index in [4.69, 9.17) is 17.3 Å². The van der Waals surface area contributed by atoms with Crippen molar-refractivity contribution >= 4 is 27.5 Å². The largest absolute Gasteiger partial charge is 0.369 e. The standard InChI is InChI=1S/C13H19ClN2O3S/c1-10(2)16(9-13(15)17)20(18,19)12-5-3-11(4-6-12)7-8-14/h3-6,10H,7-9H2,1-2H3,(H2,15,17). The van der Waals surface area contributed by atoms with Gasteiger partial charge in [-0.2, -0.15) is 4.31 Å². The van der Waals surface area contributed by atoms with E-state index in [9.17, 15) is 13.2 Å². The summed E-state index contributed by atoms with van der Waals surface area (Å²) in [5, 5.41) is 0. The average molecular weight is 319 g/mol. The van der Waals surface area contributed by atoms with Crippen molar-refractivity contribution in [3.63, 3.8) is 0 Å². The van der Waals surface area contributed by atoms with Crippen LogP contribution in [0, 0.1) is 0 Å². The van der Waals surface area contributed by atoms with Crippen LogP contribution >= 0.6 is 11.6 Å². The molecule has 20 heavy (non-hydrogen) atoms. The maximum Gasteiger partial charge on any atom is 0.243 e. The Kier molecular flexibility index (Phi) is 5.98. The highest BCUT2D eigenvalue weighted by atomic mass is 35.5. The van der Waals surface area contributed by atoms with Crippen LogP contribution in [0.1, 0.15) is 19.4 Å². The highest BCUT2D eigenvalue weighted by Gasteiger charge is 2.28. The van der Waals surface area contributed by atoms with Crippen LogP contribution in [0.5, 0.6) is 0 Å². The van der Waals surface area contributed by atoms with Crippen LogP contribution in [-0.2, 0) is 21.2 Å². The summed E-state index contributed by atoms with van der Waals surface area (Å²) in [5.74, 6) is -0.202. The third-order valence-corrected chi connectivity index (χ3v) is 5.03. The smallest absolute Gasteiger partial charge is 0.243 e. The van der Waals surface area contributed by atoms with E-state index < -0.39 is 15.9 Å². The van der Waals surface area contributed by atoms with E-state index >= 15 is 0 Å². The Balaban J connectivity index is 3.09. The molecule has 0 spiro atoms. The molecule has 0 aromatic heterocycles. The number of nitrogens with zero attached hydrogens (tertiary/aromatic N) is 1. The topological polar surface area (TPSA) is 80.5 Å². The molecule has 0 aliphatic carbocycles. The Morgan fingerprint density at radius 3 is 2.25 bits per heavy atom. The number of carbonyl (C=O) groups excluding carboxylic acids is 1. The normalized spacial score (nSPS) is 12.1. The maximum absolute atomic E-state index is 12.5. The number of nitrogens with two attached hydrogens (primary N) is 1. The first-order valence-corrected chi connectivity index (χ1v) is 8.21. The van der Waals surface area contributed by atoms with Gasteiger partial charge >= 0.3 is 0 Å². The lowest BCUT2D eigenvalue weighted by molar-refractivity contribution is -0.118. The number of sulfonamides is 1. The van der Waals surface area contributed by atoms with Gasteiger partial charge in [0.2, 0.25) is 15.9 Å². The van der Waals surface area contributed by atoms with Crippen LogP contribution < -0.4 is 5.73 Å². The average Bonchev–Trinajstić information content (AvgIpc) is 2.36. The highest BCUT2D eigenvalue weighted by molar-refractivity contribution is 7.89. The lowest BCUT2D eigenvalue weighted by Crippen LogP contribution is -2.42. The molecule has 0 bridgehead atoms. The monoisotopic (exact) mass is 318 g/mol. The molecule has 0 heterocycles. The molecule has 0 aliphatic rings. The number of benzene rings is 1. The van der Waals surface area contributed by atoms with Gasteiger partial charge in [-0.1, -0.05) is 12.1 Å². The summed E-state index contributed by atoms with van der Waals surface area (Å²) in [7, 11) is -3.73. The number of halogens is 1. The first kappa shape index (κ1) is 16.9. The fraction of sp³-hybridized carbons (Fsp3) is 0.462. The summed E-state index contributed by atoms with van der Waals surface area (Å²) in [5.41, 5.74) is 6.07. The Bertz CT molecular complexity index is 555. The predicted octanol–water partition coefficient (Wildman–Crippen LogP) is 1.35. The number of aryl methyl sites for hydroxylation is 1. The molecule has 5 nitrogen and oxygen atoms in total. The van der Waals surface area contributed by atoms with Gasteiger partial charge in [-0.25, -0.2) is 8.42 Å². The first-order valence-electron chi connectivity index (χ1n) is 6.24. The molecule has 0 fully saturated rings. The minimum atomic E-state index is -3.73. The molecular formula is C13H19ClN2O3S. The number of hydrogen-bond donors (Lipinski definition) is 1. The third kappa shape index (κ3) is 4.19. The van der Waals surface area contributed by atoms with Crippen molar-refractivity contribution in [2.75, 3.05) is 12.4 Å². The summed E-state index contributed by atoms with van der Waals surface area (Å²) in [6, 6.07) is 6.13. The van der Waals surface area contributed by atoms with E-state index in [1.54, 1.807) is 26.0 Å². The molecule has 0 saturated carbocycles. The quantitative estimate of drug-likeness (QED) is 0.771. The zero-order chi connectivity index (χ0) is 15.3. The molecule has 2 N–H and O–H groups in total. The molecule has 0 unspecified atom stereocenters. The van der Waals surface area contributed by atoms with Crippen molar-refractivity contribution in [2.24, 2.45) is 5.73 Å². The van der Waals surface area contributed by atoms with E-state index in [-0.39, 0.29) is 17.5 Å². The fourth-order valence-corrected chi connectivity index (χ4v) is 3.59. The summed E-state index contributed by atoms with van der Waals surface area (Å²) >= 11 is 5.64. The van der Waals surface area contributed by atoms with Gasteiger partial charge in [0.15, 0.2) is 0 Å². The summed E-state index contributed by atoms with van der Waals surface area (Å²) < 4.78 is 26.0. The molecule has 0 atom stereocenters. The molecule has 1 rings (SSSR count).